The number of ether oxygens (including phenoxy) is 3. The maximum Gasteiger partial charge on any atom is 0.252 e. The number of anilines is 2. The van der Waals surface area contributed by atoms with Crippen molar-refractivity contribution in [3.63, 3.8) is 0 Å². The van der Waals surface area contributed by atoms with E-state index in [1.807, 2.05) is 53.2 Å². The van der Waals surface area contributed by atoms with E-state index in [1.165, 1.54) is 7.11 Å². The largest absolute Gasteiger partial charge is 0.497 e. The molecule has 1 aliphatic heterocycles. The molecule has 0 spiro atoms. The van der Waals surface area contributed by atoms with E-state index in [2.05, 4.69) is 20.7 Å². The molecule has 1 amide bonds. The zero-order chi connectivity index (χ0) is 21.8. The minimum absolute atomic E-state index is 0.0113. The van der Waals surface area contributed by atoms with Crippen LogP contribution in [0.1, 0.15) is 29.6 Å². The van der Waals surface area contributed by atoms with Crippen LogP contribution < -0.4 is 20.1 Å². The van der Waals surface area contributed by atoms with Crippen LogP contribution in [0.3, 0.4) is 0 Å². The number of fused-ring (bicyclic) bond motifs is 1. The third kappa shape index (κ3) is 4.46. The Kier molecular flexibility index (Phi) is 6.03. The first-order valence-electron chi connectivity index (χ1n) is 9.91. The van der Waals surface area contributed by atoms with Gasteiger partial charge in [-0.2, -0.15) is 4.98 Å². The first-order valence-corrected chi connectivity index (χ1v) is 9.91. The highest BCUT2D eigenvalue weighted by atomic mass is 16.5. The Balaban J connectivity index is 1.67. The van der Waals surface area contributed by atoms with Crippen molar-refractivity contribution in [1.29, 1.82) is 0 Å². The molecule has 4 rings (SSSR count). The van der Waals surface area contributed by atoms with Gasteiger partial charge < -0.3 is 19.5 Å². The number of carbonyl (C=O) groups excluding carboxylic acids is 1. The van der Waals surface area contributed by atoms with Gasteiger partial charge in [0.2, 0.25) is 5.95 Å². The number of hydrogen-bond acceptors (Lipinski definition) is 7. The minimum Gasteiger partial charge on any atom is -0.497 e. The Morgan fingerprint density at radius 3 is 2.23 bits per heavy atom. The molecule has 1 aliphatic rings. The van der Waals surface area contributed by atoms with Crippen molar-refractivity contribution in [2.45, 2.75) is 18.5 Å². The number of rotatable bonds is 7. The molecule has 9 heteroatoms. The highest BCUT2D eigenvalue weighted by Gasteiger charge is 2.31. The van der Waals surface area contributed by atoms with Crippen LogP contribution in [0, 0.1) is 0 Å². The van der Waals surface area contributed by atoms with Crippen LogP contribution in [0.4, 0.5) is 11.9 Å². The van der Waals surface area contributed by atoms with Crippen molar-refractivity contribution < 1.29 is 19.0 Å². The summed E-state index contributed by atoms with van der Waals surface area (Å²) < 4.78 is 17.2. The number of nitrogens with one attached hydrogen (secondary N) is 2. The van der Waals surface area contributed by atoms with Gasteiger partial charge in [0.15, 0.2) is 0 Å². The standard InChI is InChI=1S/C22H25N5O4/c1-29-13-20(28)24-21-25-22-23-18(14-4-8-16(30-2)9-5-14)12-19(27(22)26-21)15-6-10-17(31-3)11-7-15/h4-11,18-19H,12-13H2,1-3H3,(H2,23,24,25,26,28)/t18-,19-/m1/s1. The first-order chi connectivity index (χ1) is 15.1. The summed E-state index contributed by atoms with van der Waals surface area (Å²) in [4.78, 5) is 16.4. The van der Waals surface area contributed by atoms with Gasteiger partial charge in [0.05, 0.1) is 26.3 Å². The zero-order valence-electron chi connectivity index (χ0n) is 17.7. The molecule has 1 aromatic heterocycles. The van der Waals surface area contributed by atoms with Gasteiger partial charge in [-0.15, -0.1) is 5.10 Å². The van der Waals surface area contributed by atoms with Crippen LogP contribution in [0.5, 0.6) is 11.5 Å². The smallest absolute Gasteiger partial charge is 0.252 e. The van der Waals surface area contributed by atoms with Gasteiger partial charge >= 0.3 is 0 Å². The monoisotopic (exact) mass is 423 g/mol. The lowest BCUT2D eigenvalue weighted by atomic mass is 9.93. The van der Waals surface area contributed by atoms with Gasteiger partial charge in [0.1, 0.15) is 18.1 Å². The molecule has 0 saturated carbocycles. The maximum absolute atomic E-state index is 11.9. The van der Waals surface area contributed by atoms with Crippen molar-refractivity contribution >= 4 is 17.8 Å². The topological polar surface area (TPSA) is 99.5 Å². The summed E-state index contributed by atoms with van der Waals surface area (Å²) in [6.45, 7) is -0.0618. The fourth-order valence-corrected chi connectivity index (χ4v) is 3.68. The molecule has 9 nitrogen and oxygen atoms in total. The fraction of sp³-hybridized carbons (Fsp3) is 0.318. The molecule has 0 unspecified atom stereocenters. The summed E-state index contributed by atoms with van der Waals surface area (Å²) in [6.07, 6.45) is 0.750. The van der Waals surface area contributed by atoms with Crippen molar-refractivity contribution in [3.05, 3.63) is 59.7 Å². The molecule has 0 bridgehead atoms. The summed E-state index contributed by atoms with van der Waals surface area (Å²) in [5.41, 5.74) is 2.18. The summed E-state index contributed by atoms with van der Waals surface area (Å²) >= 11 is 0. The van der Waals surface area contributed by atoms with E-state index in [0.717, 1.165) is 29.0 Å². The molecule has 0 saturated heterocycles. The van der Waals surface area contributed by atoms with Crippen molar-refractivity contribution in [2.75, 3.05) is 38.6 Å². The molecule has 31 heavy (non-hydrogen) atoms. The highest BCUT2D eigenvalue weighted by Crippen LogP contribution is 2.38. The molecular weight excluding hydrogens is 398 g/mol. The molecule has 162 valence electrons. The molecule has 2 N–H and O–H groups in total. The fourth-order valence-electron chi connectivity index (χ4n) is 3.68. The Hall–Kier alpha value is -3.59. The second-order valence-electron chi connectivity index (χ2n) is 7.18. The van der Waals surface area contributed by atoms with Crippen molar-refractivity contribution in [1.82, 2.24) is 14.8 Å². The summed E-state index contributed by atoms with van der Waals surface area (Å²) in [7, 11) is 4.76. The maximum atomic E-state index is 11.9. The quantitative estimate of drug-likeness (QED) is 0.603. The second kappa shape index (κ2) is 9.05. The summed E-state index contributed by atoms with van der Waals surface area (Å²) in [6, 6.07) is 15.8. The molecule has 0 fully saturated rings. The molecule has 2 heterocycles. The predicted octanol–water partition coefficient (Wildman–Crippen LogP) is 3.03. The van der Waals surface area contributed by atoms with E-state index >= 15 is 0 Å². The average Bonchev–Trinajstić information content (AvgIpc) is 3.21. The van der Waals surface area contributed by atoms with Gasteiger partial charge in [-0.05, 0) is 41.8 Å². The van der Waals surface area contributed by atoms with E-state index in [-0.39, 0.29) is 30.5 Å². The number of aromatic nitrogens is 3. The van der Waals surface area contributed by atoms with E-state index in [0.29, 0.717) is 5.95 Å². The van der Waals surface area contributed by atoms with Crippen LogP contribution in [-0.4, -0.2) is 48.6 Å². The molecule has 0 radical (unpaired) electrons. The minimum atomic E-state index is -0.307. The number of hydrogen-bond donors (Lipinski definition) is 2. The zero-order valence-corrected chi connectivity index (χ0v) is 17.7. The second-order valence-corrected chi connectivity index (χ2v) is 7.18. The molecule has 0 aliphatic carbocycles. The number of benzene rings is 2. The number of amides is 1. The van der Waals surface area contributed by atoms with E-state index in [9.17, 15) is 4.79 Å². The van der Waals surface area contributed by atoms with Gasteiger partial charge in [-0.3, -0.25) is 10.1 Å². The van der Waals surface area contributed by atoms with E-state index < -0.39 is 0 Å². The first kappa shape index (κ1) is 20.7. The van der Waals surface area contributed by atoms with Crippen LogP contribution in [0.15, 0.2) is 48.5 Å². The van der Waals surface area contributed by atoms with Crippen LogP contribution in [-0.2, 0) is 9.53 Å². The van der Waals surface area contributed by atoms with E-state index in [1.54, 1.807) is 14.2 Å². The number of nitrogens with zero attached hydrogens (tertiary/aromatic N) is 3. The normalized spacial score (nSPS) is 17.4. The van der Waals surface area contributed by atoms with Gasteiger partial charge in [0.25, 0.3) is 11.9 Å². The van der Waals surface area contributed by atoms with Gasteiger partial charge in [-0.25, -0.2) is 4.68 Å². The van der Waals surface area contributed by atoms with Gasteiger partial charge in [-0.1, -0.05) is 24.3 Å². The molecular formula is C22H25N5O4. The summed E-state index contributed by atoms with van der Waals surface area (Å²) in [5.74, 6) is 2.10. The average molecular weight is 423 g/mol. The Morgan fingerprint density at radius 2 is 1.65 bits per heavy atom. The highest BCUT2D eigenvalue weighted by molar-refractivity contribution is 5.90. The lowest BCUT2D eigenvalue weighted by molar-refractivity contribution is -0.119. The molecule has 3 aromatic rings. The predicted molar refractivity (Wildman–Crippen MR) is 116 cm³/mol. The van der Waals surface area contributed by atoms with Crippen LogP contribution in [0.25, 0.3) is 0 Å². The molecule has 2 atom stereocenters. The van der Waals surface area contributed by atoms with Crippen LogP contribution in [0.2, 0.25) is 0 Å². The Bertz CT molecular complexity index is 1030. The van der Waals surface area contributed by atoms with E-state index in [4.69, 9.17) is 14.2 Å². The lowest BCUT2D eigenvalue weighted by Gasteiger charge is -2.31. The summed E-state index contributed by atoms with van der Waals surface area (Å²) in [5, 5.41) is 10.6. The van der Waals surface area contributed by atoms with Gasteiger partial charge in [0, 0.05) is 7.11 Å². The SMILES string of the molecule is COCC(=O)Nc1nc2n(n1)[C@@H](c1ccc(OC)cc1)C[C@H](c1ccc(OC)cc1)N2. The lowest BCUT2D eigenvalue weighted by Crippen LogP contribution is -2.28. The van der Waals surface area contributed by atoms with Crippen molar-refractivity contribution in [3.8, 4) is 11.5 Å². The molecule has 2 aromatic carbocycles. The number of carbonyl (C=O) groups is 1. The third-order valence-electron chi connectivity index (χ3n) is 5.23. The van der Waals surface area contributed by atoms with Crippen molar-refractivity contribution in [2.24, 2.45) is 0 Å². The number of methoxy groups -OCH3 is 3. The van der Waals surface area contributed by atoms with Crippen LogP contribution >= 0.6 is 0 Å². The third-order valence-corrected chi connectivity index (χ3v) is 5.23. The Morgan fingerprint density at radius 1 is 1.03 bits per heavy atom. The Labute approximate surface area is 180 Å².